The van der Waals surface area contributed by atoms with Gasteiger partial charge < -0.3 is 20.7 Å². The highest BCUT2D eigenvalue weighted by molar-refractivity contribution is 7.17. The smallest absolute Gasteiger partial charge is 0.410 e. The summed E-state index contributed by atoms with van der Waals surface area (Å²) in [7, 11) is 0. The molecule has 1 aliphatic heterocycles. The lowest BCUT2D eigenvalue weighted by molar-refractivity contribution is -0.118. The third-order valence-corrected chi connectivity index (χ3v) is 6.79. The molecule has 2 unspecified atom stereocenters. The number of nitrogens with two attached hydrogens (primary N) is 1. The van der Waals surface area contributed by atoms with Gasteiger partial charge >= 0.3 is 6.09 Å². The molecular weight excluding hydrogens is 410 g/mol. The molecule has 0 aliphatic carbocycles. The van der Waals surface area contributed by atoms with Gasteiger partial charge in [0.2, 0.25) is 5.91 Å². The lowest BCUT2D eigenvalue weighted by Gasteiger charge is -2.30. The summed E-state index contributed by atoms with van der Waals surface area (Å²) < 4.78 is 5.50. The number of carbonyl (C=O) groups excluding carboxylic acids is 2. The molecule has 2 atom stereocenters. The van der Waals surface area contributed by atoms with E-state index in [1.807, 2.05) is 51.1 Å². The molecule has 0 radical (unpaired) electrons. The lowest BCUT2D eigenvalue weighted by atomic mass is 9.85. The number of anilines is 2. The van der Waals surface area contributed by atoms with E-state index in [0.29, 0.717) is 30.2 Å². The zero-order chi connectivity index (χ0) is 22.8. The molecule has 2 heterocycles. The van der Waals surface area contributed by atoms with Gasteiger partial charge in [0, 0.05) is 11.4 Å². The first kappa shape index (κ1) is 23.1. The number of benzene rings is 1. The molecule has 3 N–H and O–H groups in total. The van der Waals surface area contributed by atoms with Gasteiger partial charge in [-0.15, -0.1) is 11.3 Å². The number of thiophene rings is 1. The number of fused-ring (bicyclic) bond motifs is 1. The number of nitrogens with one attached hydrogen (secondary N) is 1. The van der Waals surface area contributed by atoms with Crippen molar-refractivity contribution in [2.75, 3.05) is 17.6 Å². The molecule has 2 aromatic rings. The van der Waals surface area contributed by atoms with Crippen molar-refractivity contribution in [3.63, 3.8) is 0 Å². The van der Waals surface area contributed by atoms with Crippen LogP contribution in [-0.2, 0) is 22.5 Å². The minimum absolute atomic E-state index is 0.0464. The lowest BCUT2D eigenvalue weighted by Crippen LogP contribution is -2.39. The predicted molar refractivity (Wildman–Crippen MR) is 126 cm³/mol. The minimum Gasteiger partial charge on any atom is -0.444 e. The van der Waals surface area contributed by atoms with Crippen LogP contribution in [0.2, 0.25) is 0 Å². The SMILES string of the molecule is CCC(C)C(C(=O)Nc1sc2c(c1N)CCN(C(=O)OC(C)(C)C)C2)c1ccccc1. The number of nitrogen functional groups attached to an aromatic ring is 1. The summed E-state index contributed by atoms with van der Waals surface area (Å²) in [5.74, 6) is -0.0984. The van der Waals surface area contributed by atoms with Crippen LogP contribution in [-0.4, -0.2) is 29.0 Å². The highest BCUT2D eigenvalue weighted by atomic mass is 32.1. The van der Waals surface area contributed by atoms with Gasteiger partial charge in [0.15, 0.2) is 0 Å². The third kappa shape index (κ3) is 5.39. The molecule has 0 saturated carbocycles. The monoisotopic (exact) mass is 443 g/mol. The van der Waals surface area contributed by atoms with Gasteiger partial charge in [0.1, 0.15) is 10.6 Å². The average molecular weight is 444 g/mol. The topological polar surface area (TPSA) is 84.7 Å². The summed E-state index contributed by atoms with van der Waals surface area (Å²) in [5.41, 5.74) is 8.52. The number of carbonyl (C=O) groups is 2. The molecule has 0 spiro atoms. The maximum Gasteiger partial charge on any atom is 0.410 e. The summed E-state index contributed by atoms with van der Waals surface area (Å²) in [6.07, 6.45) is 1.23. The molecule has 1 aromatic heterocycles. The zero-order valence-electron chi connectivity index (χ0n) is 19.0. The van der Waals surface area contributed by atoms with Gasteiger partial charge in [-0.2, -0.15) is 0 Å². The number of rotatable bonds is 5. The van der Waals surface area contributed by atoms with E-state index in [0.717, 1.165) is 22.4 Å². The Morgan fingerprint density at radius 1 is 1.26 bits per heavy atom. The van der Waals surface area contributed by atoms with Crippen molar-refractivity contribution in [2.24, 2.45) is 5.92 Å². The number of amides is 2. The second kappa shape index (κ2) is 9.30. The highest BCUT2D eigenvalue weighted by Gasteiger charge is 2.31. The van der Waals surface area contributed by atoms with Gasteiger partial charge in [-0.1, -0.05) is 50.6 Å². The van der Waals surface area contributed by atoms with E-state index in [9.17, 15) is 9.59 Å². The standard InChI is InChI=1S/C24H33N3O3S/c1-6-15(2)19(16-10-8-7-9-11-16)21(28)26-22-20(25)17-12-13-27(14-18(17)31-22)23(29)30-24(3,4)5/h7-11,15,19H,6,12-14,25H2,1-5H3,(H,26,28). The van der Waals surface area contributed by atoms with E-state index < -0.39 is 5.60 Å². The van der Waals surface area contributed by atoms with Crippen LogP contribution in [0.1, 0.15) is 63.0 Å². The van der Waals surface area contributed by atoms with Crippen LogP contribution < -0.4 is 11.1 Å². The van der Waals surface area contributed by atoms with Crippen molar-refractivity contribution in [3.05, 3.63) is 46.3 Å². The fraction of sp³-hybridized carbons (Fsp3) is 0.500. The van der Waals surface area contributed by atoms with Crippen molar-refractivity contribution < 1.29 is 14.3 Å². The Balaban J connectivity index is 1.78. The molecule has 31 heavy (non-hydrogen) atoms. The van der Waals surface area contributed by atoms with Crippen molar-refractivity contribution in [3.8, 4) is 0 Å². The Kier molecular flexibility index (Phi) is 6.94. The van der Waals surface area contributed by atoms with Gasteiger partial charge in [0.05, 0.1) is 18.2 Å². The Bertz CT molecular complexity index is 934. The van der Waals surface area contributed by atoms with E-state index in [4.69, 9.17) is 10.5 Å². The van der Waals surface area contributed by atoms with Crippen molar-refractivity contribution >= 4 is 34.0 Å². The zero-order valence-corrected chi connectivity index (χ0v) is 19.8. The Labute approximate surface area is 188 Å². The summed E-state index contributed by atoms with van der Waals surface area (Å²) in [6, 6.07) is 9.87. The molecule has 168 valence electrons. The molecule has 0 fully saturated rings. The van der Waals surface area contributed by atoms with Crippen LogP contribution in [0, 0.1) is 5.92 Å². The third-order valence-electron chi connectivity index (χ3n) is 5.64. The first-order valence-electron chi connectivity index (χ1n) is 10.8. The van der Waals surface area contributed by atoms with E-state index in [1.54, 1.807) is 4.90 Å². The molecule has 2 amide bonds. The fourth-order valence-electron chi connectivity index (χ4n) is 3.83. The van der Waals surface area contributed by atoms with Crippen LogP contribution in [0.3, 0.4) is 0 Å². The summed E-state index contributed by atoms with van der Waals surface area (Å²) in [6.45, 7) is 10.8. The summed E-state index contributed by atoms with van der Waals surface area (Å²) in [4.78, 5) is 28.4. The van der Waals surface area contributed by atoms with Crippen LogP contribution >= 0.6 is 11.3 Å². The predicted octanol–water partition coefficient (Wildman–Crippen LogP) is 5.39. The second-order valence-corrected chi connectivity index (χ2v) is 10.3. The van der Waals surface area contributed by atoms with Crippen LogP contribution in [0.4, 0.5) is 15.5 Å². The van der Waals surface area contributed by atoms with E-state index >= 15 is 0 Å². The number of hydrogen-bond donors (Lipinski definition) is 2. The van der Waals surface area contributed by atoms with Crippen LogP contribution in [0.15, 0.2) is 30.3 Å². The first-order valence-corrected chi connectivity index (χ1v) is 11.7. The Morgan fingerprint density at radius 2 is 1.94 bits per heavy atom. The quantitative estimate of drug-likeness (QED) is 0.649. The van der Waals surface area contributed by atoms with E-state index in [2.05, 4.69) is 19.2 Å². The van der Waals surface area contributed by atoms with Crippen molar-refractivity contribution in [1.82, 2.24) is 4.90 Å². The molecule has 1 aliphatic rings. The Morgan fingerprint density at radius 3 is 2.55 bits per heavy atom. The second-order valence-electron chi connectivity index (χ2n) is 9.16. The molecule has 3 rings (SSSR count). The molecule has 0 saturated heterocycles. The normalized spacial score (nSPS) is 15.7. The van der Waals surface area contributed by atoms with Gasteiger partial charge in [-0.25, -0.2) is 4.79 Å². The van der Waals surface area contributed by atoms with Crippen molar-refractivity contribution in [2.45, 2.75) is 65.5 Å². The maximum absolute atomic E-state index is 13.3. The maximum atomic E-state index is 13.3. The number of ether oxygens (including phenoxy) is 1. The highest BCUT2D eigenvalue weighted by Crippen LogP contribution is 2.40. The first-order chi connectivity index (χ1) is 14.6. The molecular formula is C24H33N3O3S. The molecule has 0 bridgehead atoms. The van der Waals surface area contributed by atoms with Gasteiger partial charge in [0.25, 0.3) is 0 Å². The minimum atomic E-state index is -0.534. The molecule has 1 aromatic carbocycles. The van der Waals surface area contributed by atoms with E-state index in [1.165, 1.54) is 11.3 Å². The summed E-state index contributed by atoms with van der Waals surface area (Å²) >= 11 is 1.45. The largest absolute Gasteiger partial charge is 0.444 e. The Hall–Kier alpha value is -2.54. The molecule has 6 nitrogen and oxygen atoms in total. The van der Waals surface area contributed by atoms with Gasteiger partial charge in [-0.3, -0.25) is 4.79 Å². The van der Waals surface area contributed by atoms with E-state index in [-0.39, 0.29) is 23.8 Å². The fourth-order valence-corrected chi connectivity index (χ4v) is 5.01. The van der Waals surface area contributed by atoms with Crippen LogP contribution in [0.25, 0.3) is 0 Å². The number of hydrogen-bond acceptors (Lipinski definition) is 5. The van der Waals surface area contributed by atoms with Crippen LogP contribution in [0.5, 0.6) is 0 Å². The molecule has 7 heteroatoms. The van der Waals surface area contributed by atoms with Gasteiger partial charge in [-0.05, 0) is 44.2 Å². The average Bonchev–Trinajstić information content (AvgIpc) is 3.02. The number of nitrogens with zero attached hydrogens (tertiary/aromatic N) is 1. The van der Waals surface area contributed by atoms with Crippen molar-refractivity contribution in [1.29, 1.82) is 0 Å². The summed E-state index contributed by atoms with van der Waals surface area (Å²) in [5, 5.41) is 3.75.